The lowest BCUT2D eigenvalue weighted by molar-refractivity contribution is -0.392. The summed E-state index contributed by atoms with van der Waals surface area (Å²) in [7, 11) is 2.97. The maximum Gasteiger partial charge on any atom is 0.336 e. The van der Waals surface area contributed by atoms with Crippen LogP contribution in [0, 0.1) is 0 Å². The molecule has 6 heteroatoms. The average Bonchev–Trinajstić information content (AvgIpc) is 2.33. The summed E-state index contributed by atoms with van der Waals surface area (Å²) in [5.74, 6) is -0.510. The summed E-state index contributed by atoms with van der Waals surface area (Å²) < 4.78 is 14.5. The molecule has 0 aromatic carbocycles. The second-order valence-corrected chi connectivity index (χ2v) is 3.20. The second kappa shape index (κ2) is 9.12. The summed E-state index contributed by atoms with van der Waals surface area (Å²) >= 11 is 0. The molecule has 0 rings (SSSR count). The van der Waals surface area contributed by atoms with E-state index in [-0.39, 0.29) is 18.8 Å². The summed E-state index contributed by atoms with van der Waals surface area (Å²) in [5.41, 5.74) is 0.180. The monoisotopic (exact) mass is 248 g/mol. The Bertz CT molecular complexity index is 240. The van der Waals surface area contributed by atoms with E-state index in [9.17, 15) is 4.79 Å². The maximum absolute atomic E-state index is 11.3. The molecule has 0 fully saturated rings. The second-order valence-electron chi connectivity index (χ2n) is 3.20. The zero-order valence-electron chi connectivity index (χ0n) is 10.7. The minimum absolute atomic E-state index is 0.180. The van der Waals surface area contributed by atoms with Crippen molar-refractivity contribution in [1.82, 2.24) is 0 Å². The highest BCUT2D eigenvalue weighted by Gasteiger charge is 2.19. The molecule has 0 aliphatic carbocycles. The molecule has 0 saturated carbocycles. The first-order chi connectivity index (χ1) is 8.06. The van der Waals surface area contributed by atoms with Crippen molar-refractivity contribution in [3.05, 3.63) is 12.2 Å². The van der Waals surface area contributed by atoms with Crippen LogP contribution in [0.5, 0.6) is 0 Å². The summed E-state index contributed by atoms with van der Waals surface area (Å²) in [4.78, 5) is 21.2. The topological polar surface area (TPSA) is 63.2 Å². The fourth-order valence-electron chi connectivity index (χ4n) is 0.864. The summed E-state index contributed by atoms with van der Waals surface area (Å²) in [5, 5.41) is 0. The number of carbonyl (C=O) groups excluding carboxylic acids is 1. The number of methoxy groups -OCH3 is 2. The van der Waals surface area contributed by atoms with E-state index in [1.807, 2.05) is 0 Å². The number of rotatable bonds is 9. The van der Waals surface area contributed by atoms with Crippen LogP contribution >= 0.6 is 0 Å². The van der Waals surface area contributed by atoms with Gasteiger partial charge in [0, 0.05) is 14.2 Å². The molecule has 0 saturated heterocycles. The van der Waals surface area contributed by atoms with Gasteiger partial charge in [-0.05, 0) is 13.8 Å². The fraction of sp³-hybridized carbons (Fsp3) is 0.727. The first-order valence-electron chi connectivity index (χ1n) is 5.26. The lowest BCUT2D eigenvalue weighted by Gasteiger charge is -2.18. The summed E-state index contributed by atoms with van der Waals surface area (Å²) in [6.07, 6.45) is -1.28. The van der Waals surface area contributed by atoms with Crippen LogP contribution in [0.4, 0.5) is 0 Å². The van der Waals surface area contributed by atoms with Gasteiger partial charge in [0.2, 0.25) is 6.29 Å². The van der Waals surface area contributed by atoms with E-state index in [1.165, 1.54) is 14.2 Å². The van der Waals surface area contributed by atoms with Gasteiger partial charge in [0.15, 0.2) is 0 Å². The number of esters is 1. The SMILES string of the molecule is C=C(C(=O)OCC)C(C)OOC(COC)OC. The van der Waals surface area contributed by atoms with Gasteiger partial charge < -0.3 is 14.2 Å². The highest BCUT2D eigenvalue weighted by molar-refractivity contribution is 5.88. The van der Waals surface area contributed by atoms with Crippen LogP contribution in [0.25, 0.3) is 0 Å². The normalized spacial score (nSPS) is 14.1. The van der Waals surface area contributed by atoms with E-state index >= 15 is 0 Å². The van der Waals surface area contributed by atoms with Crippen LogP contribution in [-0.2, 0) is 28.8 Å². The number of hydrogen-bond donors (Lipinski definition) is 0. The van der Waals surface area contributed by atoms with Gasteiger partial charge in [-0.15, -0.1) is 0 Å². The Morgan fingerprint density at radius 3 is 2.41 bits per heavy atom. The van der Waals surface area contributed by atoms with Crippen molar-refractivity contribution in [1.29, 1.82) is 0 Å². The standard InChI is InChI=1S/C11H20O6/c1-6-15-11(12)8(2)9(3)16-17-10(14-5)7-13-4/h9-10H,2,6-7H2,1,3-5H3. The van der Waals surface area contributed by atoms with E-state index in [0.29, 0.717) is 0 Å². The van der Waals surface area contributed by atoms with Gasteiger partial charge in [-0.3, -0.25) is 0 Å². The minimum atomic E-state index is -0.655. The smallest absolute Gasteiger partial charge is 0.336 e. The van der Waals surface area contributed by atoms with Crippen molar-refractivity contribution in [2.75, 3.05) is 27.4 Å². The Labute approximate surface area is 101 Å². The van der Waals surface area contributed by atoms with Crippen LogP contribution < -0.4 is 0 Å². The predicted molar refractivity (Wildman–Crippen MR) is 60.1 cm³/mol. The van der Waals surface area contributed by atoms with Crippen molar-refractivity contribution in [3.63, 3.8) is 0 Å². The summed E-state index contributed by atoms with van der Waals surface area (Å²) in [6.45, 7) is 7.41. The molecule has 0 aromatic rings. The first kappa shape index (κ1) is 16.1. The molecule has 0 aromatic heterocycles. The highest BCUT2D eigenvalue weighted by atomic mass is 17.2. The fourth-order valence-corrected chi connectivity index (χ4v) is 0.864. The van der Waals surface area contributed by atoms with Crippen molar-refractivity contribution < 1.29 is 28.8 Å². The maximum atomic E-state index is 11.3. The minimum Gasteiger partial charge on any atom is -0.463 e. The van der Waals surface area contributed by atoms with Gasteiger partial charge in [-0.25, -0.2) is 14.6 Å². The van der Waals surface area contributed by atoms with Gasteiger partial charge in [0.25, 0.3) is 0 Å². The molecular weight excluding hydrogens is 228 g/mol. The molecule has 6 nitrogen and oxygen atoms in total. The van der Waals surface area contributed by atoms with Gasteiger partial charge >= 0.3 is 5.97 Å². The Balaban J connectivity index is 4.03. The van der Waals surface area contributed by atoms with E-state index < -0.39 is 18.4 Å². The molecule has 0 aliphatic rings. The number of hydrogen-bond acceptors (Lipinski definition) is 6. The van der Waals surface area contributed by atoms with Crippen molar-refractivity contribution in [2.24, 2.45) is 0 Å². The Morgan fingerprint density at radius 2 is 1.94 bits per heavy atom. The van der Waals surface area contributed by atoms with Crippen molar-refractivity contribution in [2.45, 2.75) is 26.2 Å². The van der Waals surface area contributed by atoms with E-state index in [0.717, 1.165) is 0 Å². The van der Waals surface area contributed by atoms with E-state index in [1.54, 1.807) is 13.8 Å². The van der Waals surface area contributed by atoms with Gasteiger partial charge in [-0.1, -0.05) is 6.58 Å². The Hall–Kier alpha value is -0.950. The third-order valence-electron chi connectivity index (χ3n) is 1.90. The molecule has 0 spiro atoms. The van der Waals surface area contributed by atoms with E-state index in [2.05, 4.69) is 6.58 Å². The largest absolute Gasteiger partial charge is 0.463 e. The average molecular weight is 248 g/mol. The van der Waals surface area contributed by atoms with Crippen molar-refractivity contribution >= 4 is 5.97 Å². The van der Waals surface area contributed by atoms with Crippen LogP contribution in [0.3, 0.4) is 0 Å². The lowest BCUT2D eigenvalue weighted by Crippen LogP contribution is -2.26. The molecule has 2 unspecified atom stereocenters. The first-order valence-corrected chi connectivity index (χ1v) is 5.26. The van der Waals surface area contributed by atoms with Gasteiger partial charge in [0.05, 0.1) is 12.2 Å². The molecule has 17 heavy (non-hydrogen) atoms. The summed E-state index contributed by atoms with van der Waals surface area (Å²) in [6, 6.07) is 0. The highest BCUT2D eigenvalue weighted by Crippen LogP contribution is 2.08. The molecule has 0 bridgehead atoms. The molecule has 0 amide bonds. The third kappa shape index (κ3) is 6.38. The molecule has 100 valence electrons. The number of carbonyl (C=O) groups is 1. The Kier molecular flexibility index (Phi) is 8.61. The van der Waals surface area contributed by atoms with Crippen LogP contribution in [0.2, 0.25) is 0 Å². The van der Waals surface area contributed by atoms with Gasteiger partial charge in [0.1, 0.15) is 12.7 Å². The molecule has 0 N–H and O–H groups in total. The zero-order chi connectivity index (χ0) is 13.3. The van der Waals surface area contributed by atoms with Crippen LogP contribution in [-0.4, -0.2) is 45.8 Å². The third-order valence-corrected chi connectivity index (χ3v) is 1.90. The van der Waals surface area contributed by atoms with Gasteiger partial charge in [-0.2, -0.15) is 0 Å². The quantitative estimate of drug-likeness (QED) is 0.200. The predicted octanol–water partition coefficient (Wildman–Crippen LogP) is 1.06. The molecule has 0 heterocycles. The van der Waals surface area contributed by atoms with Crippen LogP contribution in [0.15, 0.2) is 12.2 Å². The number of ether oxygens (including phenoxy) is 3. The molecule has 0 radical (unpaired) electrons. The molecule has 0 aliphatic heterocycles. The zero-order valence-corrected chi connectivity index (χ0v) is 10.7. The lowest BCUT2D eigenvalue weighted by atomic mass is 10.2. The van der Waals surface area contributed by atoms with Crippen molar-refractivity contribution in [3.8, 4) is 0 Å². The molecular formula is C11H20O6. The van der Waals surface area contributed by atoms with E-state index in [4.69, 9.17) is 24.0 Å². The van der Waals surface area contributed by atoms with Crippen LogP contribution in [0.1, 0.15) is 13.8 Å². The Morgan fingerprint density at radius 1 is 1.29 bits per heavy atom. The molecule has 2 atom stereocenters.